The van der Waals surface area contributed by atoms with Gasteiger partial charge in [0.25, 0.3) is 0 Å². The van der Waals surface area contributed by atoms with Crippen LogP contribution < -0.4 is 5.32 Å². The molecule has 1 amide bonds. The molecule has 0 atom stereocenters. The summed E-state index contributed by atoms with van der Waals surface area (Å²) < 4.78 is 0. The minimum Gasteiger partial charge on any atom is -0.387 e. The van der Waals surface area contributed by atoms with Gasteiger partial charge in [-0.2, -0.15) is 0 Å². The molecule has 0 spiro atoms. The topological polar surface area (TPSA) is 49.3 Å². The Hall–Kier alpha value is -1.61. The predicted molar refractivity (Wildman–Crippen MR) is 56.9 cm³/mol. The van der Waals surface area contributed by atoms with Crippen LogP contribution in [0.4, 0.5) is 5.69 Å². The van der Waals surface area contributed by atoms with Gasteiger partial charge in [0.1, 0.15) is 6.61 Å². The summed E-state index contributed by atoms with van der Waals surface area (Å²) in [6.07, 6.45) is 0. The predicted octanol–water partition coefficient (Wildman–Crippen LogP) is 1.65. The first-order chi connectivity index (χ1) is 6.63. The van der Waals surface area contributed by atoms with Gasteiger partial charge < -0.3 is 10.4 Å². The summed E-state index contributed by atoms with van der Waals surface area (Å²) in [6.45, 7) is 5.22. The third-order valence-corrected chi connectivity index (χ3v) is 1.81. The van der Waals surface area contributed by atoms with E-state index in [2.05, 4.69) is 11.9 Å². The second-order valence-electron chi connectivity index (χ2n) is 3.06. The van der Waals surface area contributed by atoms with Gasteiger partial charge in [-0.15, -0.1) is 0 Å². The Labute approximate surface area is 83.1 Å². The first-order valence-corrected chi connectivity index (χ1v) is 4.30. The minimum absolute atomic E-state index is 0.409. The van der Waals surface area contributed by atoms with E-state index in [0.717, 1.165) is 11.1 Å². The quantitative estimate of drug-likeness (QED) is 0.763. The van der Waals surface area contributed by atoms with Crippen molar-refractivity contribution in [3.8, 4) is 0 Å². The van der Waals surface area contributed by atoms with Gasteiger partial charge in [-0.05, 0) is 24.6 Å². The Morgan fingerprint density at radius 1 is 1.43 bits per heavy atom. The highest BCUT2D eigenvalue weighted by Gasteiger charge is 1.99. The van der Waals surface area contributed by atoms with Crippen LogP contribution in [0.15, 0.2) is 30.8 Å². The number of aliphatic hydroxyl groups is 1. The Bertz CT molecular complexity index is 341. The number of rotatable bonds is 3. The number of anilines is 1. The first-order valence-electron chi connectivity index (χ1n) is 4.30. The van der Waals surface area contributed by atoms with Crippen molar-refractivity contribution in [2.45, 2.75) is 6.92 Å². The summed E-state index contributed by atoms with van der Waals surface area (Å²) in [5.41, 5.74) is 2.69. The molecule has 3 nitrogen and oxygen atoms in total. The third-order valence-electron chi connectivity index (χ3n) is 1.81. The van der Waals surface area contributed by atoms with Gasteiger partial charge in [0.2, 0.25) is 5.91 Å². The molecule has 3 heteroatoms. The SMILES string of the molecule is C=C(C)c1ccc(NC(=O)CO)cc1. The highest BCUT2D eigenvalue weighted by molar-refractivity contribution is 5.91. The average molecular weight is 191 g/mol. The molecule has 0 aliphatic rings. The Morgan fingerprint density at radius 3 is 2.43 bits per heavy atom. The molecule has 0 fully saturated rings. The number of allylic oxidation sites excluding steroid dienone is 1. The average Bonchev–Trinajstić information content (AvgIpc) is 2.18. The molecule has 14 heavy (non-hydrogen) atoms. The van der Waals surface area contributed by atoms with Gasteiger partial charge >= 0.3 is 0 Å². The van der Waals surface area contributed by atoms with E-state index in [1.54, 1.807) is 12.1 Å². The number of amides is 1. The van der Waals surface area contributed by atoms with Crippen molar-refractivity contribution >= 4 is 17.2 Å². The normalized spacial score (nSPS) is 9.57. The van der Waals surface area contributed by atoms with Crippen LogP contribution >= 0.6 is 0 Å². The number of aliphatic hydroxyl groups excluding tert-OH is 1. The molecule has 0 unspecified atom stereocenters. The smallest absolute Gasteiger partial charge is 0.250 e. The van der Waals surface area contributed by atoms with Crippen molar-refractivity contribution in [3.05, 3.63) is 36.4 Å². The Morgan fingerprint density at radius 2 is 2.00 bits per heavy atom. The van der Waals surface area contributed by atoms with E-state index in [-0.39, 0.29) is 0 Å². The third kappa shape index (κ3) is 2.71. The van der Waals surface area contributed by atoms with E-state index in [9.17, 15) is 4.79 Å². The van der Waals surface area contributed by atoms with E-state index in [1.807, 2.05) is 19.1 Å². The molecule has 1 aromatic carbocycles. The molecule has 1 aromatic rings. The molecule has 1 rings (SSSR count). The monoisotopic (exact) mass is 191 g/mol. The fraction of sp³-hybridized carbons (Fsp3) is 0.182. The van der Waals surface area contributed by atoms with E-state index in [1.165, 1.54) is 0 Å². The van der Waals surface area contributed by atoms with Crippen molar-refractivity contribution in [1.29, 1.82) is 0 Å². The maximum atomic E-state index is 10.8. The molecule has 0 saturated heterocycles. The zero-order chi connectivity index (χ0) is 10.6. The molecule has 0 saturated carbocycles. The molecule has 74 valence electrons. The lowest BCUT2D eigenvalue weighted by atomic mass is 10.1. The van der Waals surface area contributed by atoms with Crippen LogP contribution in [-0.4, -0.2) is 17.6 Å². The molecular weight excluding hydrogens is 178 g/mol. The second-order valence-corrected chi connectivity index (χ2v) is 3.06. The Kier molecular flexibility index (Phi) is 3.42. The van der Waals surface area contributed by atoms with Crippen LogP contribution in [0.3, 0.4) is 0 Å². The lowest BCUT2D eigenvalue weighted by molar-refractivity contribution is -0.118. The van der Waals surface area contributed by atoms with Gasteiger partial charge in [0.15, 0.2) is 0 Å². The van der Waals surface area contributed by atoms with Crippen LogP contribution in [0.25, 0.3) is 5.57 Å². The minimum atomic E-state index is -0.498. The van der Waals surface area contributed by atoms with Gasteiger partial charge in [0, 0.05) is 5.69 Å². The van der Waals surface area contributed by atoms with Crippen molar-refractivity contribution in [3.63, 3.8) is 0 Å². The number of benzene rings is 1. The van der Waals surface area contributed by atoms with Gasteiger partial charge in [-0.3, -0.25) is 4.79 Å². The summed E-state index contributed by atoms with van der Waals surface area (Å²) in [6, 6.07) is 7.29. The van der Waals surface area contributed by atoms with E-state index >= 15 is 0 Å². The van der Waals surface area contributed by atoms with Gasteiger partial charge in [-0.25, -0.2) is 0 Å². The van der Waals surface area contributed by atoms with Gasteiger partial charge in [-0.1, -0.05) is 24.3 Å². The number of hydrogen-bond acceptors (Lipinski definition) is 2. The van der Waals surface area contributed by atoms with E-state index in [0.29, 0.717) is 5.69 Å². The fourth-order valence-electron chi connectivity index (χ4n) is 1.04. The second kappa shape index (κ2) is 4.58. The first kappa shape index (κ1) is 10.5. The highest BCUT2D eigenvalue weighted by atomic mass is 16.3. The molecular formula is C11H13NO2. The zero-order valence-corrected chi connectivity index (χ0v) is 8.08. The van der Waals surface area contributed by atoms with Crippen LogP contribution in [-0.2, 0) is 4.79 Å². The highest BCUT2D eigenvalue weighted by Crippen LogP contribution is 2.14. The maximum absolute atomic E-state index is 10.8. The van der Waals surface area contributed by atoms with E-state index < -0.39 is 12.5 Å². The van der Waals surface area contributed by atoms with Gasteiger partial charge in [0.05, 0.1) is 0 Å². The van der Waals surface area contributed by atoms with Crippen molar-refractivity contribution in [2.24, 2.45) is 0 Å². The summed E-state index contributed by atoms with van der Waals surface area (Å²) in [7, 11) is 0. The summed E-state index contributed by atoms with van der Waals surface area (Å²) >= 11 is 0. The fourth-order valence-corrected chi connectivity index (χ4v) is 1.04. The molecule has 0 bridgehead atoms. The van der Waals surface area contributed by atoms with Crippen LogP contribution in [0.2, 0.25) is 0 Å². The zero-order valence-electron chi connectivity index (χ0n) is 8.08. The van der Waals surface area contributed by atoms with Crippen LogP contribution in [0.5, 0.6) is 0 Å². The van der Waals surface area contributed by atoms with Crippen LogP contribution in [0, 0.1) is 0 Å². The van der Waals surface area contributed by atoms with Crippen molar-refractivity contribution < 1.29 is 9.90 Å². The molecule has 2 N–H and O–H groups in total. The Balaban J connectivity index is 2.73. The largest absolute Gasteiger partial charge is 0.387 e. The van der Waals surface area contributed by atoms with Crippen LogP contribution in [0.1, 0.15) is 12.5 Å². The summed E-state index contributed by atoms with van der Waals surface area (Å²) in [4.78, 5) is 10.8. The van der Waals surface area contributed by atoms with Crippen molar-refractivity contribution in [1.82, 2.24) is 0 Å². The molecule has 0 heterocycles. The standard InChI is InChI=1S/C11H13NO2/c1-8(2)9-3-5-10(6-4-9)12-11(14)7-13/h3-6,13H,1,7H2,2H3,(H,12,14). The van der Waals surface area contributed by atoms with Crippen molar-refractivity contribution in [2.75, 3.05) is 11.9 Å². The number of nitrogens with one attached hydrogen (secondary N) is 1. The maximum Gasteiger partial charge on any atom is 0.250 e. The lowest BCUT2D eigenvalue weighted by Gasteiger charge is -2.04. The number of carbonyl (C=O) groups is 1. The number of hydrogen-bond donors (Lipinski definition) is 2. The lowest BCUT2D eigenvalue weighted by Crippen LogP contribution is -2.15. The molecule has 0 aliphatic heterocycles. The molecule has 0 aliphatic carbocycles. The molecule has 0 aromatic heterocycles. The number of carbonyl (C=O) groups excluding carboxylic acids is 1. The molecule has 0 radical (unpaired) electrons. The summed E-state index contributed by atoms with van der Waals surface area (Å²) in [5, 5.41) is 11.1. The summed E-state index contributed by atoms with van der Waals surface area (Å²) in [5.74, 6) is -0.409. The van der Waals surface area contributed by atoms with E-state index in [4.69, 9.17) is 5.11 Å².